The Labute approximate surface area is 185 Å². The molecule has 0 radical (unpaired) electrons. The smallest absolute Gasteiger partial charge is 0.123 e. The molecule has 0 heterocycles. The SMILES string of the molecule is Fc1ccc(C#Cc2ccccc2Sc2ccccc2C#Cc2ccc(F)cc2)cc1. The summed E-state index contributed by atoms with van der Waals surface area (Å²) in [5.41, 5.74) is 3.29. The zero-order chi connectivity index (χ0) is 21.5. The van der Waals surface area contributed by atoms with Gasteiger partial charge >= 0.3 is 0 Å². The predicted molar refractivity (Wildman–Crippen MR) is 122 cm³/mol. The molecule has 148 valence electrons. The van der Waals surface area contributed by atoms with Crippen molar-refractivity contribution in [2.75, 3.05) is 0 Å². The minimum Gasteiger partial charge on any atom is -0.207 e. The number of benzene rings is 4. The Kier molecular flexibility index (Phi) is 6.48. The van der Waals surface area contributed by atoms with Gasteiger partial charge in [-0.2, -0.15) is 0 Å². The first-order valence-corrected chi connectivity index (χ1v) is 10.4. The summed E-state index contributed by atoms with van der Waals surface area (Å²) in [4.78, 5) is 2.02. The fourth-order valence-electron chi connectivity index (χ4n) is 2.78. The molecule has 0 unspecified atom stereocenters. The molecule has 0 N–H and O–H groups in total. The highest BCUT2D eigenvalue weighted by Crippen LogP contribution is 2.32. The van der Waals surface area contributed by atoms with Gasteiger partial charge in [-0.3, -0.25) is 0 Å². The van der Waals surface area contributed by atoms with E-state index in [1.165, 1.54) is 24.3 Å². The van der Waals surface area contributed by atoms with E-state index in [-0.39, 0.29) is 11.6 Å². The van der Waals surface area contributed by atoms with E-state index >= 15 is 0 Å². The molecule has 0 nitrogen and oxygen atoms in total. The Morgan fingerprint density at radius 3 is 1.26 bits per heavy atom. The fraction of sp³-hybridized carbons (Fsp3) is 0. The molecule has 0 amide bonds. The minimum atomic E-state index is -0.278. The average Bonchev–Trinajstić information content (AvgIpc) is 2.80. The van der Waals surface area contributed by atoms with Crippen LogP contribution in [0, 0.1) is 35.3 Å². The summed E-state index contributed by atoms with van der Waals surface area (Å²) in [7, 11) is 0. The Morgan fingerprint density at radius 2 is 0.839 bits per heavy atom. The largest absolute Gasteiger partial charge is 0.207 e. The summed E-state index contributed by atoms with van der Waals surface area (Å²) < 4.78 is 26.2. The molecule has 0 atom stereocenters. The molecule has 4 rings (SSSR count). The third kappa shape index (κ3) is 5.64. The number of hydrogen-bond acceptors (Lipinski definition) is 1. The molecule has 0 bridgehead atoms. The van der Waals surface area contributed by atoms with Gasteiger partial charge in [-0.05, 0) is 72.8 Å². The van der Waals surface area contributed by atoms with E-state index in [0.29, 0.717) is 0 Å². The van der Waals surface area contributed by atoms with Crippen molar-refractivity contribution >= 4 is 11.8 Å². The second kappa shape index (κ2) is 9.81. The van der Waals surface area contributed by atoms with Gasteiger partial charge in [0.2, 0.25) is 0 Å². The van der Waals surface area contributed by atoms with Crippen LogP contribution in [0.1, 0.15) is 22.3 Å². The summed E-state index contributed by atoms with van der Waals surface area (Å²) in [6.45, 7) is 0. The fourth-order valence-corrected chi connectivity index (χ4v) is 3.77. The second-order valence-electron chi connectivity index (χ2n) is 6.61. The third-order valence-electron chi connectivity index (χ3n) is 4.37. The maximum absolute atomic E-state index is 13.1. The number of hydrogen-bond donors (Lipinski definition) is 0. The van der Waals surface area contributed by atoms with Crippen LogP contribution >= 0.6 is 11.8 Å². The molecule has 0 aromatic heterocycles. The van der Waals surface area contributed by atoms with E-state index in [0.717, 1.165) is 32.0 Å². The van der Waals surface area contributed by atoms with Crippen molar-refractivity contribution in [2.45, 2.75) is 9.79 Å². The molecule has 4 aromatic carbocycles. The van der Waals surface area contributed by atoms with Gasteiger partial charge in [-0.15, -0.1) is 0 Å². The summed E-state index contributed by atoms with van der Waals surface area (Å²) in [5.74, 6) is 12.0. The monoisotopic (exact) mass is 422 g/mol. The lowest BCUT2D eigenvalue weighted by Crippen LogP contribution is -1.85. The van der Waals surface area contributed by atoms with Crippen molar-refractivity contribution in [1.29, 1.82) is 0 Å². The molecule has 4 aromatic rings. The first kappa shape index (κ1) is 20.5. The number of rotatable bonds is 2. The highest BCUT2D eigenvalue weighted by Gasteiger charge is 2.05. The molecule has 3 heteroatoms. The van der Waals surface area contributed by atoms with Gasteiger partial charge in [0, 0.05) is 32.0 Å². The molecule has 0 aliphatic rings. The van der Waals surface area contributed by atoms with Crippen molar-refractivity contribution in [3.63, 3.8) is 0 Å². The van der Waals surface area contributed by atoms with E-state index < -0.39 is 0 Å². The van der Waals surface area contributed by atoms with Gasteiger partial charge in [0.15, 0.2) is 0 Å². The van der Waals surface area contributed by atoms with Crippen LogP contribution in [-0.2, 0) is 0 Å². The van der Waals surface area contributed by atoms with E-state index in [2.05, 4.69) is 23.7 Å². The standard InChI is InChI=1S/C28H16F2S/c29-25-17-11-21(12-18-25)9-15-23-5-1-3-7-27(23)31-28-8-4-2-6-24(28)16-10-22-13-19-26(30)20-14-22/h1-8,11-14,17-20H. The van der Waals surface area contributed by atoms with Crippen LogP contribution in [0.2, 0.25) is 0 Å². The molecular formula is C28H16F2S. The molecule has 31 heavy (non-hydrogen) atoms. The summed E-state index contributed by atoms with van der Waals surface area (Å²) in [6, 6.07) is 28.1. The van der Waals surface area contributed by atoms with Gasteiger partial charge in [0.1, 0.15) is 11.6 Å². The van der Waals surface area contributed by atoms with Crippen molar-refractivity contribution in [3.8, 4) is 23.7 Å². The molecule has 0 spiro atoms. The van der Waals surface area contributed by atoms with E-state index in [4.69, 9.17) is 0 Å². The van der Waals surface area contributed by atoms with Crippen LogP contribution in [0.5, 0.6) is 0 Å². The molecule has 0 saturated carbocycles. The van der Waals surface area contributed by atoms with Crippen LogP contribution in [0.25, 0.3) is 0 Å². The number of halogens is 2. The summed E-state index contributed by atoms with van der Waals surface area (Å²) in [6.07, 6.45) is 0. The highest BCUT2D eigenvalue weighted by atomic mass is 32.2. The maximum atomic E-state index is 13.1. The molecule has 0 saturated heterocycles. The van der Waals surface area contributed by atoms with Gasteiger partial charge in [0.25, 0.3) is 0 Å². The van der Waals surface area contributed by atoms with Gasteiger partial charge in [0.05, 0.1) is 0 Å². The molecule has 0 fully saturated rings. The van der Waals surface area contributed by atoms with Gasteiger partial charge in [-0.1, -0.05) is 59.7 Å². The quantitative estimate of drug-likeness (QED) is 0.316. The summed E-state index contributed by atoms with van der Waals surface area (Å²) >= 11 is 1.59. The topological polar surface area (TPSA) is 0 Å². The van der Waals surface area contributed by atoms with Crippen LogP contribution in [0.15, 0.2) is 107 Å². The lowest BCUT2D eigenvalue weighted by molar-refractivity contribution is 0.627. The highest BCUT2D eigenvalue weighted by molar-refractivity contribution is 7.99. The van der Waals surface area contributed by atoms with Gasteiger partial charge in [-0.25, -0.2) is 8.78 Å². The van der Waals surface area contributed by atoms with Crippen molar-refractivity contribution in [1.82, 2.24) is 0 Å². The first-order valence-electron chi connectivity index (χ1n) is 9.58. The van der Waals surface area contributed by atoms with Crippen molar-refractivity contribution in [3.05, 3.63) is 131 Å². The minimum absolute atomic E-state index is 0.278. The average molecular weight is 422 g/mol. The second-order valence-corrected chi connectivity index (χ2v) is 7.69. The Hall–Kier alpha value is -3.79. The third-order valence-corrected chi connectivity index (χ3v) is 5.52. The van der Waals surface area contributed by atoms with E-state index in [1.54, 1.807) is 36.0 Å². The van der Waals surface area contributed by atoms with Crippen LogP contribution in [0.4, 0.5) is 8.78 Å². The molecular weight excluding hydrogens is 406 g/mol. The predicted octanol–water partition coefficient (Wildman–Crippen LogP) is 6.92. The maximum Gasteiger partial charge on any atom is 0.123 e. The normalized spacial score (nSPS) is 9.87. The van der Waals surface area contributed by atoms with Crippen molar-refractivity contribution in [2.24, 2.45) is 0 Å². The lowest BCUT2D eigenvalue weighted by Gasteiger charge is -2.06. The van der Waals surface area contributed by atoms with E-state index in [9.17, 15) is 8.78 Å². The lowest BCUT2D eigenvalue weighted by atomic mass is 10.2. The zero-order valence-corrected chi connectivity index (χ0v) is 17.2. The van der Waals surface area contributed by atoms with Gasteiger partial charge < -0.3 is 0 Å². The van der Waals surface area contributed by atoms with E-state index in [1.807, 2.05) is 48.5 Å². The van der Waals surface area contributed by atoms with Crippen molar-refractivity contribution < 1.29 is 8.78 Å². The van der Waals surface area contributed by atoms with Crippen LogP contribution < -0.4 is 0 Å². The Morgan fingerprint density at radius 1 is 0.452 bits per heavy atom. The molecule has 0 aliphatic heterocycles. The Balaban J connectivity index is 1.61. The molecule has 0 aliphatic carbocycles. The first-order chi connectivity index (χ1) is 15.2. The Bertz CT molecular complexity index is 1210. The zero-order valence-electron chi connectivity index (χ0n) is 16.4. The van der Waals surface area contributed by atoms with Crippen LogP contribution in [0.3, 0.4) is 0 Å². The summed E-state index contributed by atoms with van der Waals surface area (Å²) in [5, 5.41) is 0. The van der Waals surface area contributed by atoms with Crippen LogP contribution in [-0.4, -0.2) is 0 Å².